The highest BCUT2D eigenvalue weighted by molar-refractivity contribution is 6.28. The van der Waals surface area contributed by atoms with Gasteiger partial charge in [0.15, 0.2) is 0 Å². The van der Waals surface area contributed by atoms with Gasteiger partial charge < -0.3 is 14.4 Å². The predicted octanol–water partition coefficient (Wildman–Crippen LogP) is 3.87. The van der Waals surface area contributed by atoms with E-state index >= 15 is 0 Å². The summed E-state index contributed by atoms with van der Waals surface area (Å²) in [5.41, 5.74) is 2.59. The monoisotopic (exact) mass is 357 g/mol. The van der Waals surface area contributed by atoms with Crippen molar-refractivity contribution >= 4 is 23.1 Å². The van der Waals surface area contributed by atoms with Crippen molar-refractivity contribution in [2.24, 2.45) is 0 Å². The van der Waals surface area contributed by atoms with E-state index in [0.29, 0.717) is 5.28 Å². The summed E-state index contributed by atoms with van der Waals surface area (Å²) < 4.78 is 11.5. The van der Waals surface area contributed by atoms with Gasteiger partial charge in [0, 0.05) is 42.2 Å². The topological polar surface area (TPSA) is 47.5 Å². The Morgan fingerprint density at radius 1 is 1.16 bits per heavy atom. The van der Waals surface area contributed by atoms with E-state index in [-0.39, 0.29) is 11.5 Å². The second kappa shape index (κ2) is 5.85. The van der Waals surface area contributed by atoms with Crippen LogP contribution in [0, 0.1) is 0 Å². The lowest BCUT2D eigenvalue weighted by Gasteiger charge is -2.24. The van der Waals surface area contributed by atoms with Crippen molar-refractivity contribution in [2.45, 2.75) is 37.2 Å². The number of rotatable bonds is 3. The van der Waals surface area contributed by atoms with Crippen LogP contribution in [0.3, 0.4) is 0 Å². The van der Waals surface area contributed by atoms with E-state index in [9.17, 15) is 0 Å². The minimum absolute atomic E-state index is 0.233. The Labute approximate surface area is 151 Å². The van der Waals surface area contributed by atoms with Crippen LogP contribution in [0.1, 0.15) is 31.2 Å². The van der Waals surface area contributed by atoms with E-state index < -0.39 is 0 Å². The lowest BCUT2D eigenvalue weighted by Crippen LogP contribution is -2.25. The third-order valence-corrected chi connectivity index (χ3v) is 5.68. The van der Waals surface area contributed by atoms with Gasteiger partial charge in [-0.05, 0) is 48.7 Å². The molecule has 1 aliphatic carbocycles. The number of anilines is 2. The van der Waals surface area contributed by atoms with E-state index in [2.05, 4.69) is 27.0 Å². The average molecular weight is 358 g/mol. The van der Waals surface area contributed by atoms with Gasteiger partial charge in [0.1, 0.15) is 17.7 Å². The number of hydrogen-bond donors (Lipinski definition) is 0. The van der Waals surface area contributed by atoms with Crippen LogP contribution in [0.2, 0.25) is 5.28 Å². The first-order valence-electron chi connectivity index (χ1n) is 8.89. The molecule has 5 rings (SSSR count). The molecule has 0 N–H and O–H groups in total. The zero-order valence-corrected chi connectivity index (χ0v) is 14.7. The second-order valence-corrected chi connectivity index (χ2v) is 7.50. The first-order valence-corrected chi connectivity index (χ1v) is 9.26. The molecule has 1 aromatic carbocycles. The van der Waals surface area contributed by atoms with Gasteiger partial charge in [-0.1, -0.05) is 0 Å². The lowest BCUT2D eigenvalue weighted by molar-refractivity contribution is 0.0256. The van der Waals surface area contributed by atoms with Gasteiger partial charge in [-0.25, -0.2) is 4.98 Å². The molecule has 5 nitrogen and oxygen atoms in total. The minimum Gasteiger partial charge on any atom is -0.490 e. The molecule has 1 saturated carbocycles. The molecule has 0 atom stereocenters. The maximum absolute atomic E-state index is 6.07. The third-order valence-electron chi connectivity index (χ3n) is 5.50. The summed E-state index contributed by atoms with van der Waals surface area (Å²) >= 11 is 6.04. The molecule has 1 aromatic heterocycles. The molecule has 130 valence electrons. The van der Waals surface area contributed by atoms with Gasteiger partial charge >= 0.3 is 0 Å². The molecule has 1 saturated heterocycles. The molecule has 6 heteroatoms. The molecule has 1 spiro atoms. The zero-order chi connectivity index (χ0) is 16.9. The maximum Gasteiger partial charge on any atom is 0.224 e. The predicted molar refractivity (Wildman–Crippen MR) is 95.9 cm³/mol. The smallest absolute Gasteiger partial charge is 0.224 e. The third kappa shape index (κ3) is 2.75. The van der Waals surface area contributed by atoms with E-state index in [4.69, 9.17) is 21.1 Å². The fourth-order valence-electron chi connectivity index (χ4n) is 3.88. The molecule has 3 aliphatic rings. The normalized spacial score (nSPS) is 21.4. The largest absolute Gasteiger partial charge is 0.490 e. The number of hydrogen-bond acceptors (Lipinski definition) is 5. The molecule has 0 unspecified atom stereocenters. The van der Waals surface area contributed by atoms with Crippen molar-refractivity contribution in [1.82, 2.24) is 9.97 Å². The van der Waals surface area contributed by atoms with E-state index in [1.165, 1.54) is 18.4 Å². The van der Waals surface area contributed by atoms with E-state index in [0.717, 1.165) is 49.9 Å². The summed E-state index contributed by atoms with van der Waals surface area (Å²) in [5.74, 6) is 1.87. The van der Waals surface area contributed by atoms with E-state index in [1.54, 1.807) is 0 Å². The van der Waals surface area contributed by atoms with Crippen LogP contribution in [0.5, 0.6) is 5.75 Å². The highest BCUT2D eigenvalue weighted by atomic mass is 35.5. The van der Waals surface area contributed by atoms with Crippen molar-refractivity contribution in [3.63, 3.8) is 0 Å². The van der Waals surface area contributed by atoms with Crippen LogP contribution in [0.25, 0.3) is 0 Å². The maximum atomic E-state index is 6.07. The summed E-state index contributed by atoms with van der Waals surface area (Å²) in [6.07, 6.45) is 6.48. The molecule has 0 bridgehead atoms. The first kappa shape index (κ1) is 15.4. The number of fused-ring (bicyclic) bond motifs is 2. The Morgan fingerprint density at radius 2 is 1.92 bits per heavy atom. The summed E-state index contributed by atoms with van der Waals surface area (Å²) in [7, 11) is 0. The fraction of sp³-hybridized carbons (Fsp3) is 0.474. The molecule has 0 radical (unpaired) electrons. The minimum atomic E-state index is 0.233. The molecule has 0 amide bonds. The first-order chi connectivity index (χ1) is 12.2. The number of halogens is 1. The molecular weight excluding hydrogens is 338 g/mol. The Morgan fingerprint density at radius 3 is 2.64 bits per heavy atom. The van der Waals surface area contributed by atoms with Crippen LogP contribution in [-0.2, 0) is 10.2 Å². The van der Waals surface area contributed by atoms with Gasteiger partial charge in [0.05, 0.1) is 13.2 Å². The van der Waals surface area contributed by atoms with Crippen molar-refractivity contribution in [3.05, 3.63) is 41.3 Å². The van der Waals surface area contributed by atoms with Gasteiger partial charge in [-0.2, -0.15) is 4.98 Å². The van der Waals surface area contributed by atoms with Crippen molar-refractivity contribution in [1.29, 1.82) is 0 Å². The average Bonchev–Trinajstić information content (AvgIpc) is 3.35. The second-order valence-electron chi connectivity index (χ2n) is 7.17. The molecule has 2 aromatic rings. The van der Waals surface area contributed by atoms with Crippen molar-refractivity contribution in [2.75, 3.05) is 24.7 Å². The van der Waals surface area contributed by atoms with Crippen LogP contribution in [-0.4, -0.2) is 35.8 Å². The van der Waals surface area contributed by atoms with Gasteiger partial charge in [0.25, 0.3) is 0 Å². The molecule has 25 heavy (non-hydrogen) atoms. The molecular formula is C19H20ClN3O2. The summed E-state index contributed by atoms with van der Waals surface area (Å²) in [6, 6.07) is 8.31. The van der Waals surface area contributed by atoms with Crippen LogP contribution < -0.4 is 9.64 Å². The standard InChI is InChI=1S/C19H20ClN3O2/c20-18-21-11-16-17(22-18)23(12-19(16)7-8-19)13-1-3-14(4-2-13)25-15-5-9-24-10-6-15/h1-4,11,15H,5-10,12H2. The van der Waals surface area contributed by atoms with Crippen LogP contribution >= 0.6 is 11.6 Å². The van der Waals surface area contributed by atoms with Crippen molar-refractivity contribution < 1.29 is 9.47 Å². The summed E-state index contributed by atoms with van der Waals surface area (Å²) in [6.45, 7) is 2.53. The summed E-state index contributed by atoms with van der Waals surface area (Å²) in [4.78, 5) is 10.9. The summed E-state index contributed by atoms with van der Waals surface area (Å²) in [5, 5.41) is 0.306. The zero-order valence-electron chi connectivity index (χ0n) is 13.9. The Kier molecular flexibility index (Phi) is 3.61. The van der Waals surface area contributed by atoms with Gasteiger partial charge in [0.2, 0.25) is 5.28 Å². The Balaban J connectivity index is 1.38. The highest BCUT2D eigenvalue weighted by Gasteiger charge is 2.53. The number of nitrogens with zero attached hydrogens (tertiary/aromatic N) is 3. The lowest BCUT2D eigenvalue weighted by atomic mass is 10.0. The highest BCUT2D eigenvalue weighted by Crippen LogP contribution is 2.57. The Bertz CT molecular complexity index is 786. The van der Waals surface area contributed by atoms with Crippen LogP contribution in [0.15, 0.2) is 30.5 Å². The van der Waals surface area contributed by atoms with Gasteiger partial charge in [-0.3, -0.25) is 0 Å². The molecule has 2 fully saturated rings. The molecule has 3 heterocycles. The van der Waals surface area contributed by atoms with E-state index in [1.807, 2.05) is 18.3 Å². The van der Waals surface area contributed by atoms with Crippen molar-refractivity contribution in [3.8, 4) is 5.75 Å². The number of ether oxygens (including phenoxy) is 2. The quantitative estimate of drug-likeness (QED) is 0.780. The van der Waals surface area contributed by atoms with Gasteiger partial charge in [-0.15, -0.1) is 0 Å². The fourth-order valence-corrected chi connectivity index (χ4v) is 4.01. The Hall–Kier alpha value is -1.85. The number of benzene rings is 1. The van der Waals surface area contributed by atoms with Crippen LogP contribution in [0.4, 0.5) is 11.5 Å². The SMILES string of the molecule is Clc1ncc2c(n1)N(c1ccc(OC3CCOCC3)cc1)CC21CC1. The molecule has 2 aliphatic heterocycles. The number of aromatic nitrogens is 2.